The fraction of sp³-hybridized carbons (Fsp3) is 0.600. The Balaban J connectivity index is 2.62. The predicted molar refractivity (Wildman–Crippen MR) is 71.7 cm³/mol. The molecule has 1 unspecified atom stereocenters. The minimum absolute atomic E-state index is 0.342. The Morgan fingerprint density at radius 3 is 2.35 bits per heavy atom. The lowest BCUT2D eigenvalue weighted by Gasteiger charge is -2.15. The molecular formula is C15H21F4N. The van der Waals surface area contributed by atoms with Crippen LogP contribution in [0.25, 0.3) is 0 Å². The predicted octanol–water partition coefficient (Wildman–Crippen LogP) is 5.20. The molecule has 1 rings (SSSR count). The highest BCUT2D eigenvalue weighted by molar-refractivity contribution is 5.29. The summed E-state index contributed by atoms with van der Waals surface area (Å²) in [4.78, 5) is 0. The molecule has 0 spiro atoms. The van der Waals surface area contributed by atoms with E-state index in [0.717, 1.165) is 44.2 Å². The van der Waals surface area contributed by atoms with E-state index < -0.39 is 23.6 Å². The molecule has 114 valence electrons. The van der Waals surface area contributed by atoms with Gasteiger partial charge in [-0.3, -0.25) is 0 Å². The van der Waals surface area contributed by atoms with Gasteiger partial charge >= 0.3 is 6.18 Å². The van der Waals surface area contributed by atoms with E-state index in [2.05, 4.69) is 6.92 Å². The fourth-order valence-corrected chi connectivity index (χ4v) is 2.13. The second-order valence-corrected chi connectivity index (χ2v) is 5.05. The van der Waals surface area contributed by atoms with Crippen molar-refractivity contribution in [2.24, 2.45) is 5.73 Å². The van der Waals surface area contributed by atoms with E-state index in [1.54, 1.807) is 0 Å². The van der Waals surface area contributed by atoms with Crippen LogP contribution in [-0.4, -0.2) is 0 Å². The molecule has 0 aromatic heterocycles. The molecule has 0 radical (unpaired) electrons. The van der Waals surface area contributed by atoms with E-state index in [1.165, 1.54) is 6.07 Å². The standard InChI is InChI=1S/C15H21F4N/c1-2-3-4-5-6-7-14(20)11-8-9-13(16)12(10-11)15(17,18)19/h8-10,14H,2-7,20H2,1H3. The van der Waals surface area contributed by atoms with Crippen molar-refractivity contribution in [2.75, 3.05) is 0 Å². The van der Waals surface area contributed by atoms with Crippen LogP contribution in [0.5, 0.6) is 0 Å². The topological polar surface area (TPSA) is 26.0 Å². The van der Waals surface area contributed by atoms with Crippen molar-refractivity contribution in [3.8, 4) is 0 Å². The Labute approximate surface area is 117 Å². The van der Waals surface area contributed by atoms with Crippen molar-refractivity contribution in [3.05, 3.63) is 35.1 Å². The minimum Gasteiger partial charge on any atom is -0.324 e. The van der Waals surface area contributed by atoms with Gasteiger partial charge in [0, 0.05) is 6.04 Å². The molecule has 1 atom stereocenters. The molecule has 1 nitrogen and oxygen atoms in total. The van der Waals surface area contributed by atoms with Crippen LogP contribution in [0.2, 0.25) is 0 Å². The van der Waals surface area contributed by atoms with Gasteiger partial charge in [-0.1, -0.05) is 45.1 Å². The van der Waals surface area contributed by atoms with Gasteiger partial charge in [0.15, 0.2) is 0 Å². The van der Waals surface area contributed by atoms with Crippen LogP contribution >= 0.6 is 0 Å². The quantitative estimate of drug-likeness (QED) is 0.542. The number of alkyl halides is 3. The van der Waals surface area contributed by atoms with Gasteiger partial charge < -0.3 is 5.73 Å². The summed E-state index contributed by atoms with van der Waals surface area (Å²) >= 11 is 0. The molecule has 5 heteroatoms. The van der Waals surface area contributed by atoms with E-state index in [4.69, 9.17) is 5.73 Å². The number of hydrogen-bond acceptors (Lipinski definition) is 1. The summed E-state index contributed by atoms with van der Waals surface area (Å²) in [5.41, 5.74) is 4.98. The lowest BCUT2D eigenvalue weighted by molar-refractivity contribution is -0.140. The van der Waals surface area contributed by atoms with E-state index in [1.807, 2.05) is 0 Å². The molecule has 2 N–H and O–H groups in total. The first-order chi connectivity index (χ1) is 9.36. The SMILES string of the molecule is CCCCCCCC(N)c1ccc(F)c(C(F)(F)F)c1. The Hall–Kier alpha value is -1.10. The van der Waals surface area contributed by atoms with E-state index >= 15 is 0 Å². The highest BCUT2D eigenvalue weighted by atomic mass is 19.4. The highest BCUT2D eigenvalue weighted by Gasteiger charge is 2.34. The number of halogens is 4. The second kappa shape index (κ2) is 7.62. The largest absolute Gasteiger partial charge is 0.419 e. The van der Waals surface area contributed by atoms with Crippen LogP contribution in [0.1, 0.15) is 62.6 Å². The summed E-state index contributed by atoms with van der Waals surface area (Å²) in [7, 11) is 0. The molecule has 0 fully saturated rings. The van der Waals surface area contributed by atoms with Gasteiger partial charge in [-0.25, -0.2) is 4.39 Å². The van der Waals surface area contributed by atoms with Crippen LogP contribution in [0.15, 0.2) is 18.2 Å². The summed E-state index contributed by atoms with van der Waals surface area (Å²) < 4.78 is 51.0. The van der Waals surface area contributed by atoms with Crippen molar-refractivity contribution < 1.29 is 17.6 Å². The molecule has 0 bridgehead atoms. The summed E-state index contributed by atoms with van der Waals surface area (Å²) in [6.07, 6.45) is 1.24. The molecule has 0 amide bonds. The number of hydrogen-bond donors (Lipinski definition) is 1. The summed E-state index contributed by atoms with van der Waals surface area (Å²) in [5.74, 6) is -1.25. The summed E-state index contributed by atoms with van der Waals surface area (Å²) in [6.45, 7) is 2.11. The fourth-order valence-electron chi connectivity index (χ4n) is 2.13. The number of unbranched alkanes of at least 4 members (excludes halogenated alkanes) is 4. The molecule has 0 saturated carbocycles. The molecule has 0 aliphatic carbocycles. The Bertz CT molecular complexity index is 415. The first-order valence-corrected chi connectivity index (χ1v) is 6.98. The molecule has 0 aliphatic heterocycles. The number of nitrogens with two attached hydrogens (primary N) is 1. The van der Waals surface area contributed by atoms with Crippen molar-refractivity contribution in [1.29, 1.82) is 0 Å². The Morgan fingerprint density at radius 1 is 1.10 bits per heavy atom. The zero-order chi connectivity index (χ0) is 15.2. The van der Waals surface area contributed by atoms with Gasteiger partial charge in [-0.15, -0.1) is 0 Å². The van der Waals surface area contributed by atoms with Crippen LogP contribution in [0, 0.1) is 5.82 Å². The molecule has 0 heterocycles. The monoisotopic (exact) mass is 291 g/mol. The van der Waals surface area contributed by atoms with E-state index in [0.29, 0.717) is 12.0 Å². The first-order valence-electron chi connectivity index (χ1n) is 6.98. The van der Waals surface area contributed by atoms with Gasteiger partial charge in [-0.05, 0) is 24.1 Å². The zero-order valence-electron chi connectivity index (χ0n) is 11.6. The second-order valence-electron chi connectivity index (χ2n) is 5.05. The zero-order valence-corrected chi connectivity index (χ0v) is 11.6. The Morgan fingerprint density at radius 2 is 1.75 bits per heavy atom. The van der Waals surface area contributed by atoms with E-state index in [-0.39, 0.29) is 0 Å². The van der Waals surface area contributed by atoms with Gasteiger partial charge in [0.05, 0.1) is 5.56 Å². The van der Waals surface area contributed by atoms with Gasteiger partial charge in [0.2, 0.25) is 0 Å². The van der Waals surface area contributed by atoms with Crippen molar-refractivity contribution in [1.82, 2.24) is 0 Å². The van der Waals surface area contributed by atoms with E-state index in [9.17, 15) is 17.6 Å². The smallest absolute Gasteiger partial charge is 0.324 e. The van der Waals surface area contributed by atoms with Crippen molar-refractivity contribution in [3.63, 3.8) is 0 Å². The van der Waals surface area contributed by atoms with Crippen molar-refractivity contribution in [2.45, 2.75) is 57.7 Å². The van der Waals surface area contributed by atoms with Crippen LogP contribution in [-0.2, 0) is 6.18 Å². The van der Waals surface area contributed by atoms with Crippen LogP contribution < -0.4 is 5.73 Å². The van der Waals surface area contributed by atoms with Gasteiger partial charge in [0.1, 0.15) is 5.82 Å². The third-order valence-electron chi connectivity index (χ3n) is 3.34. The summed E-state index contributed by atoms with van der Waals surface area (Å²) in [5, 5.41) is 0. The van der Waals surface area contributed by atoms with Gasteiger partial charge in [-0.2, -0.15) is 13.2 Å². The maximum atomic E-state index is 13.2. The summed E-state index contributed by atoms with van der Waals surface area (Å²) in [6, 6.07) is 2.53. The van der Waals surface area contributed by atoms with Crippen LogP contribution in [0.4, 0.5) is 17.6 Å². The molecule has 20 heavy (non-hydrogen) atoms. The maximum Gasteiger partial charge on any atom is 0.419 e. The normalized spacial score (nSPS) is 13.5. The average molecular weight is 291 g/mol. The molecule has 0 aliphatic rings. The third kappa shape index (κ3) is 5.12. The van der Waals surface area contributed by atoms with Crippen LogP contribution in [0.3, 0.4) is 0 Å². The lowest BCUT2D eigenvalue weighted by atomic mass is 9.98. The molecule has 1 aromatic carbocycles. The minimum atomic E-state index is -4.68. The average Bonchev–Trinajstić information content (AvgIpc) is 2.37. The number of rotatable bonds is 7. The molecule has 1 aromatic rings. The highest BCUT2D eigenvalue weighted by Crippen LogP contribution is 2.33. The third-order valence-corrected chi connectivity index (χ3v) is 3.34. The van der Waals surface area contributed by atoms with Crippen molar-refractivity contribution >= 4 is 0 Å². The number of benzene rings is 1. The maximum absolute atomic E-state index is 13.2. The molecule has 0 saturated heterocycles. The molecular weight excluding hydrogens is 270 g/mol. The Kier molecular flexibility index (Phi) is 6.46. The first kappa shape index (κ1) is 17.0. The lowest BCUT2D eigenvalue weighted by Crippen LogP contribution is -2.14. The van der Waals surface area contributed by atoms with Gasteiger partial charge in [0.25, 0.3) is 0 Å².